The third-order valence-electron chi connectivity index (χ3n) is 3.25. The largest absolute Gasteiger partial charge is 0.155 e. The van der Waals surface area contributed by atoms with E-state index in [2.05, 4.69) is 42.8 Å². The zero-order chi connectivity index (χ0) is 9.24. The minimum Gasteiger partial charge on any atom is -0.0652 e. The summed E-state index contributed by atoms with van der Waals surface area (Å²) in [6, 6.07) is 0. The summed E-state index contributed by atoms with van der Waals surface area (Å²) < 4.78 is 0. The van der Waals surface area contributed by atoms with Gasteiger partial charge < -0.3 is 0 Å². The fraction of sp³-hybridized carbons (Fsp3) is 1.00. The molecule has 0 aliphatic carbocycles. The molecule has 1 aliphatic rings. The summed E-state index contributed by atoms with van der Waals surface area (Å²) in [7, 11) is 0. The maximum absolute atomic E-state index is 2.84. The van der Waals surface area contributed by atoms with Crippen LogP contribution in [0, 0.1) is 0 Å². The molecule has 0 bridgehead atoms. The Morgan fingerprint density at radius 3 is 2.50 bits per heavy atom. The van der Waals surface area contributed by atoms with Crippen molar-refractivity contribution in [1.82, 2.24) is 0 Å². The van der Waals surface area contributed by atoms with Crippen LogP contribution in [-0.2, 0) is 0 Å². The van der Waals surface area contributed by atoms with E-state index in [9.17, 15) is 0 Å². The molecular formula is C10H21IP+. The Bertz CT molecular complexity index is 156. The Labute approximate surface area is 90.7 Å². The second-order valence-corrected chi connectivity index (χ2v) is 14.0. The third-order valence-corrected chi connectivity index (χ3v) is 14.5. The van der Waals surface area contributed by atoms with Gasteiger partial charge in [0, 0.05) is 0 Å². The van der Waals surface area contributed by atoms with Gasteiger partial charge in [0.25, 0.3) is 0 Å². The number of rotatable bonds is 3. The first-order valence-corrected chi connectivity index (χ1v) is 10.0. The lowest BCUT2D eigenvalue weighted by molar-refractivity contribution is 0.655. The van der Waals surface area contributed by atoms with Crippen molar-refractivity contribution in [1.29, 1.82) is 0 Å². The van der Waals surface area contributed by atoms with E-state index in [0.717, 1.165) is 0 Å². The summed E-state index contributed by atoms with van der Waals surface area (Å²) in [4.78, 5) is -0.569. The van der Waals surface area contributed by atoms with Crippen LogP contribution in [0.15, 0.2) is 0 Å². The first-order valence-electron chi connectivity index (χ1n) is 5.09. The van der Waals surface area contributed by atoms with Crippen LogP contribution in [0.1, 0.15) is 46.5 Å². The Balaban J connectivity index is 2.56. The van der Waals surface area contributed by atoms with E-state index >= 15 is 0 Å². The number of hydrogen-bond donors (Lipinski definition) is 0. The van der Waals surface area contributed by atoms with Crippen molar-refractivity contribution >= 4 is 26.9 Å². The molecular weight excluding hydrogens is 278 g/mol. The molecule has 0 aromatic rings. The molecule has 72 valence electrons. The fourth-order valence-corrected chi connectivity index (χ4v) is 8.33. The lowest BCUT2D eigenvalue weighted by Crippen LogP contribution is -2.17. The molecule has 12 heavy (non-hydrogen) atoms. The summed E-state index contributed by atoms with van der Waals surface area (Å²) in [5, 5.41) is 0.697. The highest BCUT2D eigenvalue weighted by Gasteiger charge is 2.53. The van der Waals surface area contributed by atoms with Gasteiger partial charge >= 0.3 is 0 Å². The molecule has 1 saturated heterocycles. The second-order valence-electron chi connectivity index (χ2n) is 4.58. The summed E-state index contributed by atoms with van der Waals surface area (Å²) in [6.07, 6.45) is 8.90. The van der Waals surface area contributed by atoms with E-state index in [4.69, 9.17) is 0 Å². The van der Waals surface area contributed by atoms with Crippen LogP contribution in [-0.4, -0.2) is 17.5 Å². The van der Waals surface area contributed by atoms with Gasteiger partial charge in [0.1, 0.15) is 0 Å². The van der Waals surface area contributed by atoms with Crippen molar-refractivity contribution in [3.05, 3.63) is 0 Å². The summed E-state index contributed by atoms with van der Waals surface area (Å²) >= 11 is 2.84. The fourth-order valence-electron chi connectivity index (χ4n) is 2.09. The minimum absolute atomic E-state index is 0.569. The number of hydrogen-bond acceptors (Lipinski definition) is 0. The predicted molar refractivity (Wildman–Crippen MR) is 68.9 cm³/mol. The van der Waals surface area contributed by atoms with Crippen LogP contribution in [0.5, 0.6) is 0 Å². The standard InChI is InChI=1S/C10H21IP/c1-4-5-8-12(11)9-6-7-10(12,2)3/h4-9H2,1-3H3/q+1. The van der Waals surface area contributed by atoms with Crippen LogP contribution < -0.4 is 0 Å². The quantitative estimate of drug-likeness (QED) is 0.522. The van der Waals surface area contributed by atoms with E-state index in [1.807, 2.05) is 0 Å². The summed E-state index contributed by atoms with van der Waals surface area (Å²) in [5.41, 5.74) is 0. The first kappa shape index (κ1) is 11.2. The van der Waals surface area contributed by atoms with Gasteiger partial charge in [0.05, 0.1) is 22.4 Å². The molecule has 0 nitrogen and oxygen atoms in total. The Morgan fingerprint density at radius 2 is 2.08 bits per heavy atom. The van der Waals surface area contributed by atoms with Gasteiger partial charge in [-0.2, -0.15) is 0 Å². The molecule has 0 N–H and O–H groups in total. The summed E-state index contributed by atoms with van der Waals surface area (Å²) in [6.45, 7) is 7.30. The lowest BCUT2D eigenvalue weighted by atomic mass is 10.1. The smallest absolute Gasteiger partial charge is 0.0652 e. The highest BCUT2D eigenvalue weighted by molar-refractivity contribution is 14.2. The monoisotopic (exact) mass is 299 g/mol. The van der Waals surface area contributed by atoms with Gasteiger partial charge in [-0.25, -0.2) is 0 Å². The predicted octanol–water partition coefficient (Wildman–Crippen LogP) is 4.73. The molecule has 0 aromatic heterocycles. The Hall–Kier alpha value is 1.16. The molecule has 1 aliphatic heterocycles. The van der Waals surface area contributed by atoms with Crippen molar-refractivity contribution in [2.24, 2.45) is 0 Å². The van der Waals surface area contributed by atoms with E-state index in [-0.39, 0.29) is 0 Å². The molecule has 1 heterocycles. The van der Waals surface area contributed by atoms with E-state index in [1.54, 1.807) is 6.16 Å². The van der Waals surface area contributed by atoms with Crippen molar-refractivity contribution < 1.29 is 0 Å². The van der Waals surface area contributed by atoms with Gasteiger partial charge in [-0.15, -0.1) is 0 Å². The molecule has 0 saturated carbocycles. The number of halogens is 1. The van der Waals surface area contributed by atoms with Gasteiger partial charge in [0.2, 0.25) is 0 Å². The van der Waals surface area contributed by atoms with Crippen LogP contribution in [0.4, 0.5) is 0 Å². The molecule has 1 unspecified atom stereocenters. The van der Waals surface area contributed by atoms with Crippen LogP contribution in [0.3, 0.4) is 0 Å². The van der Waals surface area contributed by atoms with Crippen molar-refractivity contribution in [3.63, 3.8) is 0 Å². The average molecular weight is 299 g/mol. The average Bonchev–Trinajstić information content (AvgIpc) is 2.24. The first-order chi connectivity index (χ1) is 5.52. The summed E-state index contributed by atoms with van der Waals surface area (Å²) in [5.74, 6) is 0. The molecule has 1 rings (SSSR count). The second kappa shape index (κ2) is 4.13. The third kappa shape index (κ3) is 2.15. The normalized spacial score (nSPS) is 34.0. The highest BCUT2D eigenvalue weighted by atomic mass is 127. The zero-order valence-corrected chi connectivity index (χ0v) is 11.6. The molecule has 0 amide bonds. The Morgan fingerprint density at radius 1 is 1.42 bits per heavy atom. The molecule has 1 atom stereocenters. The van der Waals surface area contributed by atoms with E-state index in [1.165, 1.54) is 31.8 Å². The maximum Gasteiger partial charge on any atom is 0.155 e. The van der Waals surface area contributed by atoms with Crippen molar-refractivity contribution in [3.8, 4) is 0 Å². The molecule has 0 aromatic carbocycles. The van der Waals surface area contributed by atoms with Gasteiger partial charge in [-0.1, -0.05) is 13.3 Å². The topological polar surface area (TPSA) is 0 Å². The van der Waals surface area contributed by atoms with Crippen molar-refractivity contribution in [2.45, 2.75) is 51.6 Å². The highest BCUT2D eigenvalue weighted by Crippen LogP contribution is 2.80. The Kier molecular flexibility index (Phi) is 3.86. The maximum atomic E-state index is 2.84. The van der Waals surface area contributed by atoms with Gasteiger partial charge in [-0.3, -0.25) is 0 Å². The van der Waals surface area contributed by atoms with Crippen LogP contribution >= 0.6 is 26.9 Å². The van der Waals surface area contributed by atoms with Crippen molar-refractivity contribution in [2.75, 3.05) is 12.3 Å². The van der Waals surface area contributed by atoms with Gasteiger partial charge in [0.15, 0.2) is 22.0 Å². The molecule has 0 spiro atoms. The van der Waals surface area contributed by atoms with Gasteiger partial charge in [-0.05, 0) is 33.1 Å². The molecule has 2 heteroatoms. The lowest BCUT2D eigenvalue weighted by Gasteiger charge is -2.28. The number of unbranched alkanes of at least 4 members (excludes halogenated alkanes) is 1. The molecule has 0 radical (unpaired) electrons. The van der Waals surface area contributed by atoms with E-state index < -0.39 is 4.90 Å². The zero-order valence-electron chi connectivity index (χ0n) is 8.57. The molecule has 1 fully saturated rings. The SMILES string of the molecule is CCCC[P+]1(I)CCCC1(C)C. The van der Waals surface area contributed by atoms with Crippen LogP contribution in [0.2, 0.25) is 0 Å². The van der Waals surface area contributed by atoms with E-state index in [0.29, 0.717) is 5.16 Å². The van der Waals surface area contributed by atoms with Crippen LogP contribution in [0.25, 0.3) is 0 Å². The minimum atomic E-state index is -0.569.